The molecule has 2 nitrogen and oxygen atoms in total. The molecule has 1 aromatic rings. The predicted molar refractivity (Wildman–Crippen MR) is 93.8 cm³/mol. The largest absolute Gasteiger partial charge is 0.459 e. The maximum absolute atomic E-state index is 15.0. The van der Waals surface area contributed by atoms with E-state index in [4.69, 9.17) is 4.74 Å². The number of carbonyl (C=O) groups is 1. The number of benzene rings is 1. The average molecular weight is 332 g/mol. The summed E-state index contributed by atoms with van der Waals surface area (Å²) in [6.07, 6.45) is 10.1. The second-order valence-electron chi connectivity index (χ2n) is 7.64. The van der Waals surface area contributed by atoms with Crippen molar-refractivity contribution < 1.29 is 13.9 Å². The van der Waals surface area contributed by atoms with E-state index < -0.39 is 5.97 Å². The number of esters is 1. The Balaban J connectivity index is 1.68. The highest BCUT2D eigenvalue weighted by atomic mass is 19.1. The van der Waals surface area contributed by atoms with E-state index in [1.165, 1.54) is 38.5 Å². The van der Waals surface area contributed by atoms with Gasteiger partial charge >= 0.3 is 5.97 Å². The molecule has 1 aliphatic carbocycles. The van der Waals surface area contributed by atoms with E-state index in [0.717, 1.165) is 29.9 Å². The van der Waals surface area contributed by atoms with E-state index >= 15 is 0 Å². The molecule has 0 aromatic heterocycles. The monoisotopic (exact) mass is 332 g/mol. The Bertz CT molecular complexity index is 588. The Hall–Kier alpha value is -1.38. The minimum atomic E-state index is -0.489. The molecule has 0 bridgehead atoms. The first-order chi connectivity index (χ1) is 11.6. The van der Waals surface area contributed by atoms with Crippen molar-refractivity contribution in [2.24, 2.45) is 5.92 Å². The number of ether oxygens (including phenoxy) is 1. The summed E-state index contributed by atoms with van der Waals surface area (Å²) < 4.78 is 20.2. The number of carbonyl (C=O) groups excluding carboxylic acids is 1. The van der Waals surface area contributed by atoms with Gasteiger partial charge in [-0.25, -0.2) is 9.18 Å². The molecular formula is C21H29FO2. The minimum Gasteiger partial charge on any atom is -0.459 e. The summed E-state index contributed by atoms with van der Waals surface area (Å²) in [5.74, 6) is 0.249. The Morgan fingerprint density at radius 1 is 1.17 bits per heavy atom. The molecule has 1 atom stereocenters. The van der Waals surface area contributed by atoms with Crippen molar-refractivity contribution >= 4 is 5.97 Å². The van der Waals surface area contributed by atoms with Crippen LogP contribution in [0.5, 0.6) is 0 Å². The van der Waals surface area contributed by atoms with Crippen LogP contribution in [0.2, 0.25) is 0 Å². The van der Waals surface area contributed by atoms with E-state index in [1.54, 1.807) is 0 Å². The number of hydrogen-bond donors (Lipinski definition) is 0. The van der Waals surface area contributed by atoms with Gasteiger partial charge in [0.05, 0.1) is 5.56 Å². The molecule has 2 aliphatic rings. The molecule has 24 heavy (non-hydrogen) atoms. The molecule has 0 radical (unpaired) electrons. The molecule has 0 N–H and O–H groups in total. The van der Waals surface area contributed by atoms with Gasteiger partial charge in [-0.05, 0) is 55.6 Å². The van der Waals surface area contributed by atoms with E-state index in [1.807, 2.05) is 19.1 Å². The van der Waals surface area contributed by atoms with Crippen molar-refractivity contribution in [1.29, 1.82) is 0 Å². The molecule has 0 spiro atoms. The standard InChI is InChI=1S/C21H29FO2/c1-3-4-5-6-15-7-9-16(10-8-15)18-12-11-17-13-14(2)24-21(23)19(17)20(18)22/h11-12,14-16H,3-10,13H2,1-2H3. The van der Waals surface area contributed by atoms with Crippen LogP contribution in [-0.2, 0) is 11.2 Å². The lowest BCUT2D eigenvalue weighted by atomic mass is 9.76. The van der Waals surface area contributed by atoms with Gasteiger partial charge in [-0.2, -0.15) is 0 Å². The normalized spacial score (nSPS) is 26.8. The first kappa shape index (κ1) is 17.4. The zero-order chi connectivity index (χ0) is 17.1. The SMILES string of the molecule is CCCCCC1CCC(c2ccc3c(c2F)C(=O)OC(C)C3)CC1. The molecular weight excluding hydrogens is 303 g/mol. The third kappa shape index (κ3) is 3.65. The first-order valence-corrected chi connectivity index (χ1v) is 9.62. The molecule has 3 rings (SSSR count). The Morgan fingerprint density at radius 3 is 2.62 bits per heavy atom. The summed E-state index contributed by atoms with van der Waals surface area (Å²) in [6, 6.07) is 3.86. The van der Waals surface area contributed by atoms with Crippen molar-refractivity contribution in [2.45, 2.75) is 83.7 Å². The fourth-order valence-electron chi connectivity index (χ4n) is 4.38. The summed E-state index contributed by atoms with van der Waals surface area (Å²) >= 11 is 0. The molecule has 1 unspecified atom stereocenters. The smallest absolute Gasteiger partial charge is 0.341 e. The molecule has 1 fully saturated rings. The molecule has 0 saturated heterocycles. The van der Waals surface area contributed by atoms with Gasteiger partial charge in [-0.15, -0.1) is 0 Å². The van der Waals surface area contributed by atoms with E-state index in [0.29, 0.717) is 6.42 Å². The average Bonchev–Trinajstić information content (AvgIpc) is 2.55. The number of cyclic esters (lactones) is 1. The Labute approximate surface area is 144 Å². The summed E-state index contributed by atoms with van der Waals surface area (Å²) in [6.45, 7) is 4.09. The van der Waals surface area contributed by atoms with Crippen molar-refractivity contribution in [3.8, 4) is 0 Å². The van der Waals surface area contributed by atoms with Crippen LogP contribution in [0.25, 0.3) is 0 Å². The van der Waals surface area contributed by atoms with Gasteiger partial charge in [-0.1, -0.05) is 44.7 Å². The summed E-state index contributed by atoms with van der Waals surface area (Å²) in [5, 5.41) is 0. The van der Waals surface area contributed by atoms with Gasteiger partial charge in [0.15, 0.2) is 0 Å². The maximum atomic E-state index is 15.0. The third-order valence-electron chi connectivity index (χ3n) is 5.78. The molecule has 1 aliphatic heterocycles. The van der Waals surface area contributed by atoms with Crippen LogP contribution in [0, 0.1) is 11.7 Å². The van der Waals surface area contributed by atoms with Crippen LogP contribution in [0.4, 0.5) is 4.39 Å². The van der Waals surface area contributed by atoms with Crippen LogP contribution in [0.3, 0.4) is 0 Å². The lowest BCUT2D eigenvalue weighted by molar-refractivity contribution is 0.0293. The van der Waals surface area contributed by atoms with Crippen molar-refractivity contribution in [3.05, 3.63) is 34.6 Å². The van der Waals surface area contributed by atoms with Crippen LogP contribution in [-0.4, -0.2) is 12.1 Å². The van der Waals surface area contributed by atoms with Gasteiger partial charge in [0.1, 0.15) is 11.9 Å². The second kappa shape index (κ2) is 7.67. The van der Waals surface area contributed by atoms with Crippen molar-refractivity contribution in [3.63, 3.8) is 0 Å². The zero-order valence-corrected chi connectivity index (χ0v) is 14.9. The number of halogens is 1. The van der Waals surface area contributed by atoms with Crippen LogP contribution >= 0.6 is 0 Å². The second-order valence-corrected chi connectivity index (χ2v) is 7.64. The summed E-state index contributed by atoms with van der Waals surface area (Å²) in [4.78, 5) is 12.1. The van der Waals surface area contributed by atoms with E-state index in [2.05, 4.69) is 6.92 Å². The Morgan fingerprint density at radius 2 is 1.92 bits per heavy atom. The quantitative estimate of drug-likeness (QED) is 0.504. The molecule has 3 heteroatoms. The van der Waals surface area contributed by atoms with Crippen molar-refractivity contribution in [2.75, 3.05) is 0 Å². The van der Waals surface area contributed by atoms with Gasteiger partial charge in [-0.3, -0.25) is 0 Å². The van der Waals surface area contributed by atoms with E-state index in [-0.39, 0.29) is 23.4 Å². The van der Waals surface area contributed by atoms with Crippen LogP contribution < -0.4 is 0 Å². The first-order valence-electron chi connectivity index (χ1n) is 9.62. The Kier molecular flexibility index (Phi) is 5.57. The highest BCUT2D eigenvalue weighted by molar-refractivity contribution is 5.92. The lowest BCUT2D eigenvalue weighted by Gasteiger charge is -2.30. The van der Waals surface area contributed by atoms with Gasteiger partial charge in [0.2, 0.25) is 0 Å². The maximum Gasteiger partial charge on any atom is 0.341 e. The van der Waals surface area contributed by atoms with E-state index in [9.17, 15) is 9.18 Å². The van der Waals surface area contributed by atoms with Crippen molar-refractivity contribution in [1.82, 2.24) is 0 Å². The van der Waals surface area contributed by atoms with Gasteiger partial charge in [0, 0.05) is 6.42 Å². The lowest BCUT2D eigenvalue weighted by Crippen LogP contribution is -2.27. The molecule has 1 aromatic carbocycles. The highest BCUT2D eigenvalue weighted by Gasteiger charge is 2.31. The molecule has 1 saturated carbocycles. The summed E-state index contributed by atoms with van der Waals surface area (Å²) in [7, 11) is 0. The predicted octanol–water partition coefficient (Wildman–Crippen LogP) is 5.78. The molecule has 132 valence electrons. The molecule has 1 heterocycles. The zero-order valence-electron chi connectivity index (χ0n) is 14.9. The number of fused-ring (bicyclic) bond motifs is 1. The van der Waals surface area contributed by atoms with Gasteiger partial charge in [0.25, 0.3) is 0 Å². The van der Waals surface area contributed by atoms with Crippen LogP contribution in [0.15, 0.2) is 12.1 Å². The fraction of sp³-hybridized carbons (Fsp3) is 0.667. The number of hydrogen-bond acceptors (Lipinski definition) is 2. The fourth-order valence-corrected chi connectivity index (χ4v) is 4.38. The topological polar surface area (TPSA) is 26.3 Å². The van der Waals surface area contributed by atoms with Crippen LogP contribution in [0.1, 0.15) is 92.6 Å². The third-order valence-corrected chi connectivity index (χ3v) is 5.78. The minimum absolute atomic E-state index is 0.159. The summed E-state index contributed by atoms with van der Waals surface area (Å²) in [5.41, 5.74) is 1.72. The number of rotatable bonds is 5. The van der Waals surface area contributed by atoms with Gasteiger partial charge < -0.3 is 4.74 Å². The number of unbranched alkanes of at least 4 members (excludes halogenated alkanes) is 2. The molecule has 0 amide bonds. The highest BCUT2D eigenvalue weighted by Crippen LogP contribution is 2.40.